The van der Waals surface area contributed by atoms with Gasteiger partial charge in [0.2, 0.25) is 0 Å². The van der Waals surface area contributed by atoms with E-state index in [2.05, 4.69) is 20.8 Å². The van der Waals surface area contributed by atoms with E-state index in [1.54, 1.807) is 6.33 Å². The molecule has 2 rings (SSSR count). The zero-order chi connectivity index (χ0) is 12.1. The van der Waals surface area contributed by atoms with Gasteiger partial charge in [0.25, 0.3) is 0 Å². The van der Waals surface area contributed by atoms with Gasteiger partial charge in [-0.1, -0.05) is 19.3 Å². The summed E-state index contributed by atoms with van der Waals surface area (Å²) in [7, 11) is 1.93. The molecule has 5 nitrogen and oxygen atoms in total. The molecular weight excluding hydrogens is 234 g/mol. The van der Waals surface area contributed by atoms with Crippen LogP contribution in [0.15, 0.2) is 6.33 Å². The van der Waals surface area contributed by atoms with Crippen molar-refractivity contribution in [3.63, 3.8) is 0 Å². The molecule has 1 aromatic heterocycles. The first kappa shape index (κ1) is 12.3. The van der Waals surface area contributed by atoms with E-state index < -0.39 is 0 Å². The number of hydrogen-bond acceptors (Lipinski definition) is 3. The standard InChI is InChI=1S/C11H19N5S/c1-16-8-13-15-10(16)7-12-11(17)14-9-5-3-2-4-6-9/h8-9H,2-7H2,1H3,(H2,12,14,17). The van der Waals surface area contributed by atoms with E-state index in [0.717, 1.165) is 10.9 Å². The lowest BCUT2D eigenvalue weighted by Crippen LogP contribution is -2.42. The predicted molar refractivity (Wildman–Crippen MR) is 70.4 cm³/mol. The van der Waals surface area contributed by atoms with Gasteiger partial charge in [-0.15, -0.1) is 10.2 Å². The monoisotopic (exact) mass is 253 g/mol. The predicted octanol–water partition coefficient (Wildman–Crippen LogP) is 1.11. The average molecular weight is 253 g/mol. The van der Waals surface area contributed by atoms with Gasteiger partial charge >= 0.3 is 0 Å². The molecular formula is C11H19N5S. The van der Waals surface area contributed by atoms with Gasteiger partial charge in [0.15, 0.2) is 10.9 Å². The molecule has 0 aromatic carbocycles. The molecule has 1 aromatic rings. The fourth-order valence-corrected chi connectivity index (χ4v) is 2.35. The second-order valence-corrected chi connectivity index (χ2v) is 4.93. The molecule has 1 fully saturated rings. The molecule has 2 N–H and O–H groups in total. The first-order valence-corrected chi connectivity index (χ1v) is 6.54. The maximum Gasteiger partial charge on any atom is 0.166 e. The number of aryl methyl sites for hydroxylation is 1. The van der Waals surface area contributed by atoms with Gasteiger partial charge in [-0.25, -0.2) is 0 Å². The summed E-state index contributed by atoms with van der Waals surface area (Å²) in [6.07, 6.45) is 8.12. The number of nitrogens with one attached hydrogen (secondary N) is 2. The number of nitrogens with zero attached hydrogens (tertiary/aromatic N) is 3. The lowest BCUT2D eigenvalue weighted by molar-refractivity contribution is 0.412. The van der Waals surface area contributed by atoms with E-state index in [9.17, 15) is 0 Å². The smallest absolute Gasteiger partial charge is 0.166 e. The van der Waals surface area contributed by atoms with Crippen LogP contribution < -0.4 is 10.6 Å². The SMILES string of the molecule is Cn1cnnc1CNC(=S)NC1CCCCC1. The fourth-order valence-electron chi connectivity index (χ4n) is 2.11. The molecule has 0 aliphatic heterocycles. The van der Waals surface area contributed by atoms with E-state index in [-0.39, 0.29) is 0 Å². The minimum absolute atomic E-state index is 0.545. The zero-order valence-corrected chi connectivity index (χ0v) is 11.0. The summed E-state index contributed by atoms with van der Waals surface area (Å²) in [5, 5.41) is 15.1. The topological polar surface area (TPSA) is 54.8 Å². The van der Waals surface area contributed by atoms with Crippen molar-refractivity contribution in [3.05, 3.63) is 12.2 Å². The van der Waals surface area contributed by atoms with Crippen LogP contribution in [0, 0.1) is 0 Å². The number of aromatic nitrogens is 3. The van der Waals surface area contributed by atoms with Crippen molar-refractivity contribution in [1.82, 2.24) is 25.4 Å². The van der Waals surface area contributed by atoms with Crippen molar-refractivity contribution >= 4 is 17.3 Å². The lowest BCUT2D eigenvalue weighted by Gasteiger charge is -2.24. The molecule has 0 unspecified atom stereocenters. The van der Waals surface area contributed by atoms with Gasteiger partial charge < -0.3 is 15.2 Å². The highest BCUT2D eigenvalue weighted by Gasteiger charge is 2.13. The quantitative estimate of drug-likeness (QED) is 0.790. The Hall–Kier alpha value is -1.17. The number of thiocarbonyl (C=S) groups is 1. The van der Waals surface area contributed by atoms with Crippen LogP contribution in [0.3, 0.4) is 0 Å². The van der Waals surface area contributed by atoms with Crippen molar-refractivity contribution in [2.75, 3.05) is 0 Å². The van der Waals surface area contributed by atoms with Crippen molar-refractivity contribution in [2.24, 2.45) is 7.05 Å². The molecule has 6 heteroatoms. The van der Waals surface area contributed by atoms with Gasteiger partial charge in [-0.05, 0) is 25.1 Å². The van der Waals surface area contributed by atoms with Crippen LogP contribution in [-0.4, -0.2) is 25.9 Å². The highest BCUT2D eigenvalue weighted by molar-refractivity contribution is 7.80. The van der Waals surface area contributed by atoms with Crippen LogP contribution in [-0.2, 0) is 13.6 Å². The first-order chi connectivity index (χ1) is 8.25. The van der Waals surface area contributed by atoms with Crippen LogP contribution in [0.4, 0.5) is 0 Å². The van der Waals surface area contributed by atoms with Gasteiger partial charge in [-0.3, -0.25) is 0 Å². The lowest BCUT2D eigenvalue weighted by atomic mass is 9.96. The molecule has 0 atom stereocenters. The Morgan fingerprint density at radius 1 is 1.47 bits per heavy atom. The second-order valence-electron chi connectivity index (χ2n) is 4.52. The van der Waals surface area contributed by atoms with Crippen molar-refractivity contribution in [3.8, 4) is 0 Å². The van der Waals surface area contributed by atoms with E-state index >= 15 is 0 Å². The van der Waals surface area contributed by atoms with E-state index in [1.807, 2.05) is 11.6 Å². The maximum absolute atomic E-state index is 5.27. The van der Waals surface area contributed by atoms with Gasteiger partial charge in [-0.2, -0.15) is 0 Å². The van der Waals surface area contributed by atoms with Crippen molar-refractivity contribution in [2.45, 2.75) is 44.7 Å². The molecule has 0 radical (unpaired) electrons. The van der Waals surface area contributed by atoms with Crippen LogP contribution in [0.5, 0.6) is 0 Å². The third-order valence-electron chi connectivity index (χ3n) is 3.15. The molecule has 1 aliphatic rings. The van der Waals surface area contributed by atoms with E-state index in [1.165, 1.54) is 32.1 Å². The summed E-state index contributed by atoms with van der Waals surface area (Å²) in [4.78, 5) is 0. The van der Waals surface area contributed by atoms with Crippen molar-refractivity contribution in [1.29, 1.82) is 0 Å². The molecule has 0 amide bonds. The molecule has 0 spiro atoms. The van der Waals surface area contributed by atoms with Crippen LogP contribution in [0.1, 0.15) is 37.9 Å². The zero-order valence-electron chi connectivity index (χ0n) is 10.1. The second kappa shape index (κ2) is 5.95. The number of rotatable bonds is 3. The van der Waals surface area contributed by atoms with Crippen LogP contribution >= 0.6 is 12.2 Å². The Kier molecular flexibility index (Phi) is 4.30. The Morgan fingerprint density at radius 2 is 2.24 bits per heavy atom. The molecule has 0 bridgehead atoms. The highest BCUT2D eigenvalue weighted by Crippen LogP contribution is 2.17. The summed E-state index contributed by atoms with van der Waals surface area (Å²) in [5.74, 6) is 0.887. The molecule has 1 aliphatic carbocycles. The minimum Gasteiger partial charge on any atom is -0.360 e. The Labute approximate surface area is 107 Å². The highest BCUT2D eigenvalue weighted by atomic mass is 32.1. The van der Waals surface area contributed by atoms with Crippen molar-refractivity contribution < 1.29 is 0 Å². The minimum atomic E-state index is 0.545. The summed E-state index contributed by atoms with van der Waals surface area (Å²) in [6, 6.07) is 0.545. The third-order valence-corrected chi connectivity index (χ3v) is 3.41. The molecule has 17 heavy (non-hydrogen) atoms. The average Bonchev–Trinajstić information content (AvgIpc) is 2.74. The van der Waals surface area contributed by atoms with Gasteiger partial charge in [0, 0.05) is 13.1 Å². The fraction of sp³-hybridized carbons (Fsp3) is 0.727. The molecule has 1 heterocycles. The molecule has 0 saturated heterocycles. The first-order valence-electron chi connectivity index (χ1n) is 6.13. The van der Waals surface area contributed by atoms with Gasteiger partial charge in [0.05, 0.1) is 6.54 Å². The largest absolute Gasteiger partial charge is 0.360 e. The Bertz CT molecular complexity index is 370. The van der Waals surface area contributed by atoms with Gasteiger partial charge in [0.1, 0.15) is 6.33 Å². The van der Waals surface area contributed by atoms with Crippen LogP contribution in [0.2, 0.25) is 0 Å². The summed E-state index contributed by atoms with van der Waals surface area (Å²) < 4.78 is 1.89. The summed E-state index contributed by atoms with van der Waals surface area (Å²) in [6.45, 7) is 0.620. The van der Waals surface area contributed by atoms with Crippen LogP contribution in [0.25, 0.3) is 0 Å². The Balaban J connectivity index is 1.72. The van der Waals surface area contributed by atoms with E-state index in [4.69, 9.17) is 12.2 Å². The summed E-state index contributed by atoms with van der Waals surface area (Å²) >= 11 is 5.27. The van der Waals surface area contributed by atoms with E-state index in [0.29, 0.717) is 12.6 Å². The normalized spacial score (nSPS) is 16.8. The third kappa shape index (κ3) is 3.66. The maximum atomic E-state index is 5.27. The number of hydrogen-bond donors (Lipinski definition) is 2. The summed E-state index contributed by atoms with van der Waals surface area (Å²) in [5.41, 5.74) is 0. The molecule has 94 valence electrons. The molecule has 1 saturated carbocycles. The Morgan fingerprint density at radius 3 is 2.88 bits per heavy atom.